The van der Waals surface area contributed by atoms with Gasteiger partial charge in [-0.3, -0.25) is 9.59 Å². The van der Waals surface area contributed by atoms with Crippen molar-refractivity contribution in [2.75, 3.05) is 26.2 Å². The van der Waals surface area contributed by atoms with Crippen LogP contribution in [0.25, 0.3) is 0 Å². The largest absolute Gasteiger partial charge is 0.481 e. The van der Waals surface area contributed by atoms with Crippen LogP contribution in [0, 0.1) is 11.8 Å². The number of aliphatic carboxylic acids is 1. The number of hydrogen-bond acceptors (Lipinski definition) is 3. The molecule has 1 aliphatic heterocycles. The fourth-order valence-electron chi connectivity index (χ4n) is 2.78. The fourth-order valence-corrected chi connectivity index (χ4v) is 2.78. The molecule has 0 aromatic heterocycles. The lowest BCUT2D eigenvalue weighted by Gasteiger charge is -2.32. The predicted molar refractivity (Wildman–Crippen MR) is 91.6 cm³/mol. The molecule has 3 amide bonds. The lowest BCUT2D eigenvalue weighted by molar-refractivity contribution is -0.137. The van der Waals surface area contributed by atoms with E-state index in [-0.39, 0.29) is 24.3 Å². The summed E-state index contributed by atoms with van der Waals surface area (Å²) in [5, 5.41) is 14.3. The quantitative estimate of drug-likeness (QED) is 0.557. The van der Waals surface area contributed by atoms with Crippen LogP contribution in [0.5, 0.6) is 0 Å². The van der Waals surface area contributed by atoms with Gasteiger partial charge in [-0.1, -0.05) is 13.8 Å². The average Bonchev–Trinajstić information content (AvgIpc) is 2.52. The zero-order valence-electron chi connectivity index (χ0n) is 14.8. The number of carbonyl (C=O) groups is 3. The molecule has 1 saturated heterocycles. The molecule has 0 aromatic carbocycles. The van der Waals surface area contributed by atoms with Crippen LogP contribution >= 0.6 is 0 Å². The van der Waals surface area contributed by atoms with Gasteiger partial charge in [0.2, 0.25) is 5.91 Å². The summed E-state index contributed by atoms with van der Waals surface area (Å²) in [4.78, 5) is 36.3. The van der Waals surface area contributed by atoms with E-state index in [1.807, 2.05) is 0 Å². The number of carboxylic acids is 1. The number of likely N-dealkylation sites (tertiary alicyclic amines) is 1. The van der Waals surface area contributed by atoms with Crippen molar-refractivity contribution in [1.82, 2.24) is 15.5 Å². The second-order valence-electron chi connectivity index (χ2n) is 6.94. The second-order valence-corrected chi connectivity index (χ2v) is 6.94. The van der Waals surface area contributed by atoms with E-state index in [9.17, 15) is 14.4 Å². The van der Waals surface area contributed by atoms with E-state index in [0.29, 0.717) is 44.8 Å². The van der Waals surface area contributed by atoms with Gasteiger partial charge in [0.1, 0.15) is 0 Å². The van der Waals surface area contributed by atoms with E-state index >= 15 is 0 Å². The van der Waals surface area contributed by atoms with Crippen molar-refractivity contribution in [3.63, 3.8) is 0 Å². The van der Waals surface area contributed by atoms with Crippen molar-refractivity contribution < 1.29 is 19.5 Å². The van der Waals surface area contributed by atoms with Crippen molar-refractivity contribution >= 4 is 17.9 Å². The maximum absolute atomic E-state index is 12.1. The maximum Gasteiger partial charge on any atom is 0.317 e. The molecule has 1 atom stereocenters. The number of piperidine rings is 1. The first kappa shape index (κ1) is 20.3. The Kier molecular flexibility index (Phi) is 9.19. The molecule has 7 heteroatoms. The Hall–Kier alpha value is -1.79. The van der Waals surface area contributed by atoms with Gasteiger partial charge >= 0.3 is 12.0 Å². The number of rotatable bonds is 9. The highest BCUT2D eigenvalue weighted by atomic mass is 16.4. The van der Waals surface area contributed by atoms with Gasteiger partial charge in [0.05, 0.1) is 0 Å². The van der Waals surface area contributed by atoms with Gasteiger partial charge in [-0.05, 0) is 37.5 Å². The third-order valence-corrected chi connectivity index (χ3v) is 4.08. The molecule has 0 aromatic rings. The molecule has 24 heavy (non-hydrogen) atoms. The minimum atomic E-state index is -0.806. The predicted octanol–water partition coefficient (Wildman–Crippen LogP) is 1.83. The van der Waals surface area contributed by atoms with Gasteiger partial charge in [-0.25, -0.2) is 4.79 Å². The smallest absolute Gasteiger partial charge is 0.317 e. The van der Waals surface area contributed by atoms with Crippen LogP contribution in [0.15, 0.2) is 0 Å². The second kappa shape index (κ2) is 10.9. The third kappa shape index (κ3) is 8.74. The summed E-state index contributed by atoms with van der Waals surface area (Å²) < 4.78 is 0. The number of unbranched alkanes of at least 4 members (excludes halogenated alkanes) is 1. The molecule has 7 nitrogen and oxygen atoms in total. The lowest BCUT2D eigenvalue weighted by atomic mass is 9.94. The van der Waals surface area contributed by atoms with Crippen LogP contribution in [0.3, 0.4) is 0 Å². The summed E-state index contributed by atoms with van der Waals surface area (Å²) in [6.45, 7) is 6.65. The average molecular weight is 341 g/mol. The lowest BCUT2D eigenvalue weighted by Crippen LogP contribution is -2.47. The molecule has 0 aliphatic carbocycles. The molecule has 3 N–H and O–H groups in total. The van der Waals surface area contributed by atoms with Crippen molar-refractivity contribution in [2.24, 2.45) is 11.8 Å². The van der Waals surface area contributed by atoms with Crippen LogP contribution < -0.4 is 10.6 Å². The zero-order chi connectivity index (χ0) is 17.9. The minimum Gasteiger partial charge on any atom is -0.481 e. The first-order valence-corrected chi connectivity index (χ1v) is 8.89. The number of nitrogens with one attached hydrogen (secondary N) is 2. The maximum atomic E-state index is 12.1. The van der Waals surface area contributed by atoms with Crippen molar-refractivity contribution in [3.05, 3.63) is 0 Å². The first-order valence-electron chi connectivity index (χ1n) is 8.89. The molecule has 1 rings (SSSR count). The van der Waals surface area contributed by atoms with Crippen molar-refractivity contribution in [1.29, 1.82) is 0 Å². The Morgan fingerprint density at radius 3 is 2.62 bits per heavy atom. The molecule has 0 spiro atoms. The summed E-state index contributed by atoms with van der Waals surface area (Å²) in [6, 6.07) is -0.0394. The molecular weight excluding hydrogens is 310 g/mol. The van der Waals surface area contributed by atoms with Gasteiger partial charge in [-0.2, -0.15) is 0 Å². The molecule has 1 unspecified atom stereocenters. The van der Waals surface area contributed by atoms with Crippen molar-refractivity contribution in [3.8, 4) is 0 Å². The van der Waals surface area contributed by atoms with Gasteiger partial charge in [-0.15, -0.1) is 0 Å². The molecule has 138 valence electrons. The third-order valence-electron chi connectivity index (χ3n) is 4.08. The normalized spacial score (nSPS) is 17.6. The summed E-state index contributed by atoms with van der Waals surface area (Å²) in [5.74, 6) is -0.205. The van der Waals surface area contributed by atoms with Gasteiger partial charge < -0.3 is 20.6 Å². The molecule has 0 radical (unpaired) electrons. The number of nitrogens with zero attached hydrogens (tertiary/aromatic N) is 1. The topological polar surface area (TPSA) is 98.7 Å². The van der Waals surface area contributed by atoms with Crippen LogP contribution in [-0.4, -0.2) is 54.1 Å². The zero-order valence-corrected chi connectivity index (χ0v) is 14.8. The van der Waals surface area contributed by atoms with Gasteiger partial charge in [0, 0.05) is 39.0 Å². The molecule has 0 bridgehead atoms. The van der Waals surface area contributed by atoms with E-state index in [1.54, 1.807) is 4.90 Å². The van der Waals surface area contributed by atoms with E-state index < -0.39 is 5.97 Å². The summed E-state index contributed by atoms with van der Waals surface area (Å²) >= 11 is 0. The Labute approximate surface area is 144 Å². The van der Waals surface area contributed by atoms with Crippen LogP contribution in [0.2, 0.25) is 0 Å². The Morgan fingerprint density at radius 2 is 1.96 bits per heavy atom. The van der Waals surface area contributed by atoms with E-state index in [4.69, 9.17) is 5.11 Å². The van der Waals surface area contributed by atoms with E-state index in [2.05, 4.69) is 24.5 Å². The Bertz CT molecular complexity index is 426. The highest BCUT2D eigenvalue weighted by Crippen LogP contribution is 2.19. The molecule has 1 heterocycles. The fraction of sp³-hybridized carbons (Fsp3) is 0.824. The molecule has 1 fully saturated rings. The first-order chi connectivity index (χ1) is 11.4. The number of carbonyl (C=O) groups excluding carboxylic acids is 2. The Morgan fingerprint density at radius 1 is 1.21 bits per heavy atom. The molecule has 1 aliphatic rings. The van der Waals surface area contributed by atoms with Gasteiger partial charge in [0.25, 0.3) is 0 Å². The van der Waals surface area contributed by atoms with Crippen LogP contribution in [-0.2, 0) is 9.59 Å². The standard InChI is InChI=1S/C17H31N3O4/c1-13(2)11-19-17(24)20-9-5-6-14(12-20)10-15(21)18-8-4-3-7-16(22)23/h13-14H,3-12H2,1-2H3,(H,18,21)(H,19,24)(H,22,23). The highest BCUT2D eigenvalue weighted by Gasteiger charge is 2.25. The SMILES string of the molecule is CC(C)CNC(=O)N1CCCC(CC(=O)NCCCCC(=O)O)C1. The number of amides is 3. The highest BCUT2D eigenvalue weighted by molar-refractivity contribution is 5.77. The minimum absolute atomic E-state index is 0.0141. The summed E-state index contributed by atoms with van der Waals surface area (Å²) in [7, 11) is 0. The summed E-state index contributed by atoms with van der Waals surface area (Å²) in [5.41, 5.74) is 0. The van der Waals surface area contributed by atoms with Crippen LogP contribution in [0.1, 0.15) is 52.4 Å². The van der Waals surface area contributed by atoms with E-state index in [1.165, 1.54) is 0 Å². The van der Waals surface area contributed by atoms with Gasteiger partial charge in [0.15, 0.2) is 0 Å². The summed E-state index contributed by atoms with van der Waals surface area (Å²) in [6.07, 6.45) is 3.69. The number of carboxylic acid groups (broad SMARTS) is 1. The monoisotopic (exact) mass is 341 g/mol. The van der Waals surface area contributed by atoms with E-state index in [0.717, 1.165) is 19.4 Å². The molecule has 0 saturated carbocycles. The molecular formula is C17H31N3O4. The number of hydrogen-bond donors (Lipinski definition) is 3. The number of urea groups is 1. The van der Waals surface area contributed by atoms with Crippen molar-refractivity contribution in [2.45, 2.75) is 52.4 Å². The van der Waals surface area contributed by atoms with Crippen LogP contribution in [0.4, 0.5) is 4.79 Å². The Balaban J connectivity index is 2.23.